The molecule has 27 heavy (non-hydrogen) atoms. The van der Waals surface area contributed by atoms with Gasteiger partial charge in [0.25, 0.3) is 5.91 Å². The van der Waals surface area contributed by atoms with Gasteiger partial charge in [-0.15, -0.1) is 0 Å². The molecular formula is C19H20FN3O4. The number of carbonyl (C=O) groups is 1. The lowest BCUT2D eigenvalue weighted by atomic mass is 10.2. The van der Waals surface area contributed by atoms with E-state index in [1.165, 1.54) is 5.56 Å². The third kappa shape index (κ3) is 5.01. The molecule has 0 radical (unpaired) electrons. The Hall–Kier alpha value is -3.00. The van der Waals surface area contributed by atoms with Crippen LogP contribution in [0.25, 0.3) is 0 Å². The molecule has 0 atom stereocenters. The van der Waals surface area contributed by atoms with Crippen molar-refractivity contribution in [1.29, 1.82) is 0 Å². The molecule has 142 valence electrons. The lowest BCUT2D eigenvalue weighted by molar-refractivity contribution is -0.385. The number of nitro groups is 1. The van der Waals surface area contributed by atoms with Crippen LogP contribution in [0.1, 0.15) is 5.56 Å². The number of benzene rings is 2. The fraction of sp³-hybridized carbons (Fsp3) is 0.316. The molecule has 7 nitrogen and oxygen atoms in total. The van der Waals surface area contributed by atoms with Crippen molar-refractivity contribution < 1.29 is 18.8 Å². The van der Waals surface area contributed by atoms with Crippen LogP contribution in [0.5, 0.6) is 5.75 Å². The molecule has 0 spiro atoms. The molecule has 1 saturated heterocycles. The first-order valence-electron chi connectivity index (χ1n) is 8.64. The Morgan fingerprint density at radius 2 is 1.81 bits per heavy atom. The molecule has 1 amide bonds. The number of ether oxygens (including phenoxy) is 1. The summed E-state index contributed by atoms with van der Waals surface area (Å²) in [6.45, 7) is 3.06. The van der Waals surface area contributed by atoms with E-state index in [-0.39, 0.29) is 24.0 Å². The number of hydrogen-bond donors (Lipinski definition) is 0. The number of carbonyl (C=O) groups excluding carboxylic acids is 1. The minimum absolute atomic E-state index is 0.240. The maximum atomic E-state index is 13.3. The molecule has 2 aromatic rings. The summed E-state index contributed by atoms with van der Waals surface area (Å²) in [4.78, 5) is 26.5. The normalized spacial score (nSPS) is 14.8. The monoisotopic (exact) mass is 373 g/mol. The molecule has 1 aliphatic heterocycles. The number of nitrogens with zero attached hydrogens (tertiary/aromatic N) is 3. The zero-order valence-electron chi connectivity index (χ0n) is 14.7. The number of amides is 1. The van der Waals surface area contributed by atoms with Crippen LogP contribution in [0.3, 0.4) is 0 Å². The first-order chi connectivity index (χ1) is 13.0. The Morgan fingerprint density at radius 3 is 2.48 bits per heavy atom. The molecule has 0 N–H and O–H groups in total. The van der Waals surface area contributed by atoms with Crippen LogP contribution in [0.15, 0.2) is 48.5 Å². The quantitative estimate of drug-likeness (QED) is 0.574. The Morgan fingerprint density at radius 1 is 1.11 bits per heavy atom. The van der Waals surface area contributed by atoms with Crippen molar-refractivity contribution in [2.24, 2.45) is 0 Å². The average Bonchev–Trinajstić information content (AvgIpc) is 2.67. The number of nitro benzene ring substituents is 1. The van der Waals surface area contributed by atoms with E-state index < -0.39 is 10.7 Å². The molecule has 0 aromatic heterocycles. The van der Waals surface area contributed by atoms with E-state index in [1.807, 2.05) is 18.2 Å². The predicted octanol–water partition coefficient (Wildman–Crippen LogP) is 2.46. The summed E-state index contributed by atoms with van der Waals surface area (Å²) in [6, 6.07) is 13.0. The summed E-state index contributed by atoms with van der Waals surface area (Å²) in [6.07, 6.45) is 0. The van der Waals surface area contributed by atoms with Gasteiger partial charge in [-0.1, -0.05) is 30.3 Å². The first kappa shape index (κ1) is 18.8. The lowest BCUT2D eigenvalue weighted by Gasteiger charge is -2.34. The van der Waals surface area contributed by atoms with Crippen LogP contribution in [-0.4, -0.2) is 53.4 Å². The standard InChI is InChI=1S/C19H20FN3O4/c20-16-6-7-17(23(25)26)18(12-16)27-14-19(24)22-10-8-21(9-11-22)13-15-4-2-1-3-5-15/h1-7,12H,8-11,13-14H2. The van der Waals surface area contributed by atoms with Crippen LogP contribution in [0.2, 0.25) is 0 Å². The van der Waals surface area contributed by atoms with Crippen molar-refractivity contribution in [3.05, 3.63) is 70.0 Å². The average molecular weight is 373 g/mol. The van der Waals surface area contributed by atoms with Gasteiger partial charge in [0.2, 0.25) is 5.75 Å². The van der Waals surface area contributed by atoms with Gasteiger partial charge in [0.05, 0.1) is 4.92 Å². The van der Waals surface area contributed by atoms with E-state index in [0.29, 0.717) is 13.1 Å². The largest absolute Gasteiger partial charge is 0.477 e. The SMILES string of the molecule is O=C(COc1cc(F)ccc1[N+](=O)[O-])N1CCN(Cc2ccccc2)CC1. The van der Waals surface area contributed by atoms with Gasteiger partial charge >= 0.3 is 5.69 Å². The number of halogens is 1. The fourth-order valence-electron chi connectivity index (χ4n) is 2.98. The Bertz CT molecular complexity index is 808. The molecule has 0 saturated carbocycles. The van der Waals surface area contributed by atoms with E-state index >= 15 is 0 Å². The summed E-state index contributed by atoms with van der Waals surface area (Å²) < 4.78 is 18.5. The number of hydrogen-bond acceptors (Lipinski definition) is 5. The second kappa shape index (κ2) is 8.59. The number of piperazine rings is 1. The zero-order chi connectivity index (χ0) is 19.2. The van der Waals surface area contributed by atoms with Crippen molar-refractivity contribution in [3.8, 4) is 5.75 Å². The van der Waals surface area contributed by atoms with Gasteiger partial charge in [0.15, 0.2) is 6.61 Å². The van der Waals surface area contributed by atoms with E-state index in [1.54, 1.807) is 4.90 Å². The number of rotatable bonds is 6. The fourth-order valence-corrected chi connectivity index (χ4v) is 2.98. The van der Waals surface area contributed by atoms with E-state index in [0.717, 1.165) is 37.8 Å². The Labute approximate surface area is 156 Å². The topological polar surface area (TPSA) is 75.9 Å². The maximum absolute atomic E-state index is 13.3. The molecule has 1 aliphatic rings. The first-order valence-corrected chi connectivity index (χ1v) is 8.64. The Kier molecular flexibility index (Phi) is 5.97. The molecule has 0 unspecified atom stereocenters. The molecule has 1 heterocycles. The third-order valence-electron chi connectivity index (χ3n) is 4.44. The van der Waals surface area contributed by atoms with E-state index in [9.17, 15) is 19.3 Å². The smallest absolute Gasteiger partial charge is 0.311 e. The zero-order valence-corrected chi connectivity index (χ0v) is 14.7. The second-order valence-electron chi connectivity index (χ2n) is 6.30. The van der Waals surface area contributed by atoms with E-state index in [4.69, 9.17) is 4.74 Å². The van der Waals surface area contributed by atoms with Crippen LogP contribution in [0.4, 0.5) is 10.1 Å². The predicted molar refractivity (Wildman–Crippen MR) is 96.8 cm³/mol. The summed E-state index contributed by atoms with van der Waals surface area (Å²) in [5, 5.41) is 11.0. The van der Waals surface area contributed by atoms with Crippen LogP contribution in [0, 0.1) is 15.9 Å². The van der Waals surface area contributed by atoms with Gasteiger partial charge in [0, 0.05) is 44.9 Å². The van der Waals surface area contributed by atoms with Crippen molar-refractivity contribution >= 4 is 11.6 Å². The van der Waals surface area contributed by atoms with Crippen molar-refractivity contribution in [1.82, 2.24) is 9.80 Å². The highest BCUT2D eigenvalue weighted by atomic mass is 19.1. The summed E-state index contributed by atoms with van der Waals surface area (Å²) in [7, 11) is 0. The lowest BCUT2D eigenvalue weighted by Crippen LogP contribution is -2.49. The van der Waals surface area contributed by atoms with Crippen molar-refractivity contribution in [2.45, 2.75) is 6.54 Å². The highest BCUT2D eigenvalue weighted by molar-refractivity contribution is 5.78. The molecule has 8 heteroatoms. The second-order valence-corrected chi connectivity index (χ2v) is 6.30. The Balaban J connectivity index is 1.50. The molecule has 0 bridgehead atoms. The summed E-state index contributed by atoms with van der Waals surface area (Å²) >= 11 is 0. The van der Waals surface area contributed by atoms with Gasteiger partial charge in [-0.2, -0.15) is 0 Å². The van der Waals surface area contributed by atoms with Gasteiger partial charge in [0.1, 0.15) is 5.82 Å². The minimum Gasteiger partial charge on any atom is -0.477 e. The molecule has 2 aromatic carbocycles. The van der Waals surface area contributed by atoms with E-state index in [2.05, 4.69) is 17.0 Å². The molecule has 3 rings (SSSR count). The van der Waals surface area contributed by atoms with Gasteiger partial charge in [-0.3, -0.25) is 19.8 Å². The maximum Gasteiger partial charge on any atom is 0.311 e. The molecular weight excluding hydrogens is 353 g/mol. The highest BCUT2D eigenvalue weighted by Crippen LogP contribution is 2.27. The summed E-state index contributed by atoms with van der Waals surface area (Å²) in [5.41, 5.74) is 0.857. The summed E-state index contributed by atoms with van der Waals surface area (Å²) in [5.74, 6) is -1.17. The van der Waals surface area contributed by atoms with Gasteiger partial charge < -0.3 is 9.64 Å². The van der Waals surface area contributed by atoms with Crippen LogP contribution >= 0.6 is 0 Å². The van der Waals surface area contributed by atoms with Crippen LogP contribution in [-0.2, 0) is 11.3 Å². The van der Waals surface area contributed by atoms with Crippen molar-refractivity contribution in [3.63, 3.8) is 0 Å². The van der Waals surface area contributed by atoms with Crippen LogP contribution < -0.4 is 4.74 Å². The molecule has 1 fully saturated rings. The van der Waals surface area contributed by atoms with Gasteiger partial charge in [-0.05, 0) is 11.6 Å². The molecule has 0 aliphatic carbocycles. The van der Waals surface area contributed by atoms with Gasteiger partial charge in [-0.25, -0.2) is 4.39 Å². The van der Waals surface area contributed by atoms with Crippen molar-refractivity contribution in [2.75, 3.05) is 32.8 Å². The highest BCUT2D eigenvalue weighted by Gasteiger charge is 2.23. The minimum atomic E-state index is -0.665. The third-order valence-corrected chi connectivity index (χ3v) is 4.44.